The Balaban J connectivity index is 1.23. The normalized spacial score (nSPS) is 12.1. The van der Waals surface area contributed by atoms with Crippen LogP contribution in [0.2, 0.25) is 19.6 Å². The van der Waals surface area contributed by atoms with Crippen LogP contribution in [0.25, 0.3) is 55.3 Å². The van der Waals surface area contributed by atoms with Crippen LogP contribution in [-0.4, -0.2) is 21.1 Å². The van der Waals surface area contributed by atoms with Crippen LogP contribution in [0.1, 0.15) is 11.1 Å². The lowest BCUT2D eigenvalue weighted by Gasteiger charge is -2.30. The lowest BCUT2D eigenvalue weighted by Crippen LogP contribution is -2.75. The predicted molar refractivity (Wildman–Crippen MR) is 229 cm³/mol. The average Bonchev–Trinajstić information content (AvgIpc) is 3.85. The minimum absolute atomic E-state index is 0.500. The molecule has 0 aliphatic heterocycles. The minimum atomic E-state index is -2.98. The van der Waals surface area contributed by atoms with E-state index in [0.29, 0.717) is 22.4 Å². The molecule has 55 heavy (non-hydrogen) atoms. The molecule has 266 valence electrons. The van der Waals surface area contributed by atoms with Crippen molar-refractivity contribution in [2.75, 3.05) is 0 Å². The van der Waals surface area contributed by atoms with Gasteiger partial charge in [-0.15, -0.1) is 0 Å². The largest absolute Gasteiger partial charge is 0.454 e. The smallest absolute Gasteiger partial charge is 0.248 e. The van der Waals surface area contributed by atoms with Gasteiger partial charge in [0.05, 0.1) is 31.5 Å². The fourth-order valence-electron chi connectivity index (χ4n) is 8.17. The van der Waals surface area contributed by atoms with Gasteiger partial charge in [-0.05, 0) is 56.8 Å². The number of aryl methyl sites for hydroxylation is 2. The summed E-state index contributed by atoms with van der Waals surface area (Å²) in [4.78, 5) is 5.07. The summed E-state index contributed by atoms with van der Waals surface area (Å²) in [7, 11) is -2.44. The van der Waals surface area contributed by atoms with Gasteiger partial charge in [0.1, 0.15) is 18.2 Å². The second-order valence-corrected chi connectivity index (χ2v) is 24.2. The number of pyridine rings is 1. The highest BCUT2D eigenvalue weighted by atomic mass is 28.3. The van der Waals surface area contributed by atoms with Crippen molar-refractivity contribution in [2.45, 2.75) is 26.6 Å². The summed E-state index contributed by atoms with van der Waals surface area (Å²) >= 11 is 0. The van der Waals surface area contributed by atoms with Crippen molar-refractivity contribution in [3.05, 3.63) is 163 Å². The molecule has 0 aliphatic carbocycles. The highest BCUT2D eigenvalue weighted by Gasteiger charge is 2.46. The maximum atomic E-state index is 10.7. The van der Waals surface area contributed by atoms with Crippen LogP contribution in [0.3, 0.4) is 0 Å². The summed E-state index contributed by atoms with van der Waals surface area (Å²) in [6.07, 6.45) is 3.96. The van der Waals surface area contributed by atoms with E-state index in [4.69, 9.17) is 13.8 Å². The number of furan rings is 1. The van der Waals surface area contributed by atoms with E-state index in [0.717, 1.165) is 49.5 Å². The van der Waals surface area contributed by atoms with Crippen LogP contribution in [0.15, 0.2) is 161 Å². The van der Waals surface area contributed by atoms with Crippen LogP contribution in [0.5, 0.6) is 0 Å². The molecule has 7 heteroatoms. The Hall–Kier alpha value is -6.34. The highest BCUT2D eigenvalue weighted by Crippen LogP contribution is 2.41. The van der Waals surface area contributed by atoms with Gasteiger partial charge in [-0.1, -0.05) is 129 Å². The van der Waals surface area contributed by atoms with Gasteiger partial charge < -0.3 is 8.83 Å². The summed E-state index contributed by atoms with van der Waals surface area (Å²) in [6.45, 7) is 9.28. The van der Waals surface area contributed by atoms with Gasteiger partial charge in [-0.2, -0.15) is 5.26 Å². The summed E-state index contributed by atoms with van der Waals surface area (Å²) < 4.78 is 16.0. The van der Waals surface area contributed by atoms with Crippen LogP contribution in [0, 0.1) is 18.3 Å². The van der Waals surface area contributed by atoms with Gasteiger partial charge in [-0.3, -0.25) is 0 Å². The Bertz CT molecular complexity index is 2840. The maximum Gasteiger partial charge on any atom is 0.248 e. The summed E-state index contributed by atoms with van der Waals surface area (Å²) in [5, 5.41) is 19.5. The van der Waals surface area contributed by atoms with Crippen LogP contribution >= 0.6 is 0 Å². The number of hydrogen-bond donors (Lipinski definition) is 0. The molecular formula is C48H40N3O2Si2+. The first kappa shape index (κ1) is 34.4. The average molecular weight is 747 g/mol. The van der Waals surface area contributed by atoms with Crippen LogP contribution in [-0.2, 0) is 7.05 Å². The van der Waals surface area contributed by atoms with E-state index in [1.165, 1.54) is 20.7 Å². The van der Waals surface area contributed by atoms with E-state index >= 15 is 0 Å². The Morgan fingerprint density at radius 2 is 1.24 bits per heavy atom. The van der Waals surface area contributed by atoms with Crippen molar-refractivity contribution in [1.82, 2.24) is 4.98 Å². The molecule has 0 saturated heterocycles. The number of aromatic nitrogens is 2. The first-order valence-corrected chi connectivity index (χ1v) is 24.1. The molecule has 0 spiro atoms. The number of nitriles is 1. The zero-order valence-corrected chi connectivity index (χ0v) is 33.6. The monoisotopic (exact) mass is 746 g/mol. The molecule has 9 aromatic rings. The predicted octanol–water partition coefficient (Wildman–Crippen LogP) is 7.99. The van der Waals surface area contributed by atoms with E-state index in [-0.39, 0.29) is 0 Å². The van der Waals surface area contributed by atoms with Crippen molar-refractivity contribution in [2.24, 2.45) is 7.05 Å². The van der Waals surface area contributed by atoms with Crippen LogP contribution in [0.4, 0.5) is 0 Å². The van der Waals surface area contributed by atoms with E-state index < -0.39 is 16.1 Å². The van der Waals surface area contributed by atoms with Crippen molar-refractivity contribution in [3.8, 4) is 28.7 Å². The number of benzene rings is 6. The third-order valence-corrected chi connectivity index (χ3v) is 17.6. The number of oxazole rings is 1. The molecule has 0 radical (unpaired) electrons. The maximum absolute atomic E-state index is 10.7. The Morgan fingerprint density at radius 1 is 0.636 bits per heavy atom. The van der Waals surface area contributed by atoms with E-state index in [2.05, 4.69) is 160 Å². The van der Waals surface area contributed by atoms with Crippen LogP contribution < -0.4 is 30.8 Å². The molecule has 9 rings (SSSR count). The fraction of sp³-hybridized carbons (Fsp3) is 0.104. The quantitative estimate of drug-likeness (QED) is 0.0943. The van der Waals surface area contributed by atoms with Gasteiger partial charge in [-0.25, -0.2) is 9.55 Å². The molecule has 3 aromatic heterocycles. The van der Waals surface area contributed by atoms with Crippen molar-refractivity contribution in [3.63, 3.8) is 0 Å². The summed E-state index contributed by atoms with van der Waals surface area (Å²) in [5.74, 6) is 0.561. The van der Waals surface area contributed by atoms with E-state index in [1.807, 2.05) is 30.3 Å². The van der Waals surface area contributed by atoms with Gasteiger partial charge in [0.15, 0.2) is 17.5 Å². The zero-order chi connectivity index (χ0) is 37.9. The van der Waals surface area contributed by atoms with E-state index in [1.54, 1.807) is 6.20 Å². The minimum Gasteiger partial charge on any atom is -0.454 e. The molecule has 0 N–H and O–H groups in total. The number of nitrogens with zero attached hydrogens (tertiary/aromatic N) is 3. The summed E-state index contributed by atoms with van der Waals surface area (Å²) in [6, 6.07) is 51.4. The Labute approximate surface area is 322 Å². The molecule has 0 fully saturated rings. The Kier molecular flexibility index (Phi) is 8.27. The molecule has 6 aromatic carbocycles. The molecule has 0 saturated carbocycles. The van der Waals surface area contributed by atoms with Crippen molar-refractivity contribution >= 4 is 75.1 Å². The number of hydrogen-bond acceptors (Lipinski definition) is 4. The molecular weight excluding hydrogens is 707 g/mol. The highest BCUT2D eigenvalue weighted by molar-refractivity contribution is 7.19. The molecule has 5 nitrogen and oxygen atoms in total. The SMILES string of the molecule is Cc1ccc2c(oc3c4cc(C#N)c(-c5cnc([Si](c6ccccc6)(c6ccccc6)c6ccccc6)o5)cc4ccc23)c1-c1cc([Si](C)(C)C)cc[n+]1C. The molecule has 0 aliphatic rings. The Morgan fingerprint density at radius 3 is 1.84 bits per heavy atom. The third-order valence-electron chi connectivity index (χ3n) is 11.1. The van der Waals surface area contributed by atoms with Gasteiger partial charge >= 0.3 is 0 Å². The standard InChI is InChI=1S/C48H40N3O2Si2/c1-32-21-23-40-39-24-22-33-27-41(34(30-49)28-42(33)46(39)53-47(40)45(32)43-29-38(54(3,4)5)25-26-51(43)2)44-31-50-48(52-44)55(35-15-9-6-10-16-35,36-17-11-7-12-18-36)37-19-13-8-14-20-37/h6-29,31H,1-5H3/q+1. The molecule has 3 heterocycles. The van der Waals surface area contributed by atoms with Gasteiger partial charge in [0.25, 0.3) is 0 Å². The fourth-order valence-corrected chi connectivity index (χ4v) is 13.7. The summed E-state index contributed by atoms with van der Waals surface area (Å²) in [5.41, 5.74) is 6.88. The van der Waals surface area contributed by atoms with Gasteiger partial charge in [0.2, 0.25) is 13.8 Å². The van der Waals surface area contributed by atoms with Gasteiger partial charge in [0, 0.05) is 33.9 Å². The second-order valence-electron chi connectivity index (χ2n) is 15.4. The third kappa shape index (κ3) is 5.56. The van der Waals surface area contributed by atoms with E-state index in [9.17, 15) is 5.26 Å². The molecule has 0 amide bonds. The molecule has 0 atom stereocenters. The lowest BCUT2D eigenvalue weighted by molar-refractivity contribution is -0.660. The van der Waals surface area contributed by atoms with Crippen molar-refractivity contribution < 1.29 is 13.4 Å². The zero-order valence-electron chi connectivity index (χ0n) is 31.6. The molecule has 0 bridgehead atoms. The van der Waals surface area contributed by atoms with Crippen molar-refractivity contribution in [1.29, 1.82) is 5.26 Å². The number of fused-ring (bicyclic) bond motifs is 5. The number of rotatable bonds is 7. The second kappa shape index (κ2) is 13.2. The molecule has 0 unspecified atom stereocenters. The lowest BCUT2D eigenvalue weighted by atomic mass is 9.97. The first-order valence-electron chi connectivity index (χ1n) is 18.6. The topological polar surface area (TPSA) is 66.8 Å². The first-order chi connectivity index (χ1) is 26.7.